The number of pyridine rings is 1. The van der Waals surface area contributed by atoms with E-state index in [1.165, 1.54) is 6.20 Å². The molecule has 0 aromatic carbocycles. The van der Waals surface area contributed by atoms with E-state index in [1.54, 1.807) is 13.0 Å². The predicted molar refractivity (Wildman–Crippen MR) is 67.0 cm³/mol. The monoisotopic (exact) mass is 237 g/mol. The molecular formula is C12H19N3O2. The summed E-state index contributed by atoms with van der Waals surface area (Å²) in [5.74, 6) is 0.497. The van der Waals surface area contributed by atoms with Crippen LogP contribution in [-0.2, 0) is 6.42 Å². The zero-order valence-electron chi connectivity index (χ0n) is 10.7. The lowest BCUT2D eigenvalue weighted by Gasteiger charge is -2.19. The molecule has 1 heterocycles. The van der Waals surface area contributed by atoms with Crippen LogP contribution < -0.4 is 5.32 Å². The van der Waals surface area contributed by atoms with Crippen LogP contribution in [0.3, 0.4) is 0 Å². The van der Waals surface area contributed by atoms with E-state index in [-0.39, 0.29) is 5.69 Å². The Bertz CT molecular complexity index is 405. The summed E-state index contributed by atoms with van der Waals surface area (Å²) >= 11 is 0. The Balaban J connectivity index is 2.87. The topological polar surface area (TPSA) is 68.1 Å². The molecule has 0 amide bonds. The van der Waals surface area contributed by atoms with Gasteiger partial charge in [-0.25, -0.2) is 0 Å². The molecular weight excluding hydrogens is 218 g/mol. The Hall–Kier alpha value is -1.49. The average molecular weight is 237 g/mol. The van der Waals surface area contributed by atoms with Crippen LogP contribution >= 0.6 is 0 Å². The van der Waals surface area contributed by atoms with Gasteiger partial charge in [-0.1, -0.05) is 13.8 Å². The highest BCUT2D eigenvalue weighted by Crippen LogP contribution is 2.18. The summed E-state index contributed by atoms with van der Waals surface area (Å²) in [4.78, 5) is 14.4. The van der Waals surface area contributed by atoms with Gasteiger partial charge in [0.15, 0.2) is 0 Å². The number of hydrogen-bond acceptors (Lipinski definition) is 4. The van der Waals surface area contributed by atoms with E-state index in [2.05, 4.69) is 24.1 Å². The van der Waals surface area contributed by atoms with Crippen molar-refractivity contribution in [2.75, 3.05) is 7.05 Å². The van der Waals surface area contributed by atoms with Crippen LogP contribution in [0.1, 0.15) is 25.1 Å². The quantitative estimate of drug-likeness (QED) is 0.629. The first-order valence-corrected chi connectivity index (χ1v) is 5.73. The molecule has 1 unspecified atom stereocenters. The Labute approximate surface area is 101 Å². The molecule has 0 radical (unpaired) electrons. The van der Waals surface area contributed by atoms with Crippen molar-refractivity contribution in [2.24, 2.45) is 5.92 Å². The molecule has 0 spiro atoms. The molecule has 0 bridgehead atoms. The van der Waals surface area contributed by atoms with Crippen molar-refractivity contribution >= 4 is 5.69 Å². The lowest BCUT2D eigenvalue weighted by Crippen LogP contribution is -2.33. The number of nitro groups is 1. The maximum Gasteiger partial charge on any atom is 0.290 e. The molecule has 0 aliphatic heterocycles. The zero-order valence-corrected chi connectivity index (χ0v) is 10.7. The Kier molecular flexibility index (Phi) is 4.57. The predicted octanol–water partition coefficient (Wildman–Crippen LogP) is 2.08. The third-order valence-corrected chi connectivity index (χ3v) is 2.94. The van der Waals surface area contributed by atoms with Gasteiger partial charge in [0.1, 0.15) is 6.20 Å². The van der Waals surface area contributed by atoms with Gasteiger partial charge in [-0.3, -0.25) is 15.1 Å². The van der Waals surface area contributed by atoms with Gasteiger partial charge in [0.25, 0.3) is 5.69 Å². The summed E-state index contributed by atoms with van der Waals surface area (Å²) in [7, 11) is 1.92. The van der Waals surface area contributed by atoms with Crippen LogP contribution in [0, 0.1) is 23.0 Å². The first-order valence-electron chi connectivity index (χ1n) is 5.73. The molecule has 5 nitrogen and oxygen atoms in total. The third-order valence-electron chi connectivity index (χ3n) is 2.94. The zero-order chi connectivity index (χ0) is 13.0. The van der Waals surface area contributed by atoms with Crippen LogP contribution in [0.25, 0.3) is 0 Å². The van der Waals surface area contributed by atoms with Crippen molar-refractivity contribution in [1.29, 1.82) is 0 Å². The third kappa shape index (κ3) is 3.49. The molecule has 0 saturated carbocycles. The van der Waals surface area contributed by atoms with Crippen molar-refractivity contribution in [2.45, 2.75) is 33.2 Å². The lowest BCUT2D eigenvalue weighted by molar-refractivity contribution is -0.385. The van der Waals surface area contributed by atoms with Gasteiger partial charge in [0.05, 0.1) is 4.92 Å². The number of aromatic nitrogens is 1. The minimum absolute atomic E-state index is 0.0827. The first-order chi connectivity index (χ1) is 7.95. The maximum absolute atomic E-state index is 10.7. The number of hydrogen-bond donors (Lipinski definition) is 1. The van der Waals surface area contributed by atoms with E-state index in [9.17, 15) is 10.1 Å². The highest BCUT2D eigenvalue weighted by atomic mass is 16.6. The van der Waals surface area contributed by atoms with Crippen LogP contribution in [0.2, 0.25) is 0 Å². The smallest absolute Gasteiger partial charge is 0.290 e. The van der Waals surface area contributed by atoms with E-state index in [1.807, 2.05) is 7.05 Å². The minimum atomic E-state index is -0.399. The fraction of sp³-hybridized carbons (Fsp3) is 0.583. The Morgan fingerprint density at radius 2 is 2.18 bits per heavy atom. The Morgan fingerprint density at radius 1 is 1.53 bits per heavy atom. The van der Waals surface area contributed by atoms with E-state index in [4.69, 9.17) is 0 Å². The van der Waals surface area contributed by atoms with Crippen molar-refractivity contribution in [1.82, 2.24) is 10.3 Å². The largest absolute Gasteiger partial charge is 0.316 e. The van der Waals surface area contributed by atoms with Gasteiger partial charge in [-0.2, -0.15) is 0 Å². The number of nitrogens with zero attached hydrogens (tertiary/aromatic N) is 2. The molecule has 1 aromatic heterocycles. The maximum atomic E-state index is 10.7. The van der Waals surface area contributed by atoms with Crippen molar-refractivity contribution < 1.29 is 4.92 Å². The number of likely N-dealkylation sites (N-methyl/N-ethyl adjacent to an activating group) is 1. The van der Waals surface area contributed by atoms with Crippen LogP contribution in [-0.4, -0.2) is 23.0 Å². The van der Waals surface area contributed by atoms with Gasteiger partial charge >= 0.3 is 0 Å². The molecule has 1 atom stereocenters. The van der Waals surface area contributed by atoms with Gasteiger partial charge in [0, 0.05) is 23.7 Å². The second kappa shape index (κ2) is 5.72. The average Bonchev–Trinajstić information content (AvgIpc) is 2.24. The van der Waals surface area contributed by atoms with E-state index in [0.717, 1.165) is 12.1 Å². The number of nitrogens with one attached hydrogen (secondary N) is 1. The SMILES string of the molecule is CNC(Cc1cc(C)c([N+](=O)[O-])cn1)C(C)C. The van der Waals surface area contributed by atoms with Crippen LogP contribution in [0.5, 0.6) is 0 Å². The Morgan fingerprint density at radius 3 is 2.59 bits per heavy atom. The molecule has 0 fully saturated rings. The second-order valence-electron chi connectivity index (χ2n) is 4.56. The molecule has 0 aliphatic carbocycles. The molecule has 1 aromatic rings. The summed E-state index contributed by atoms with van der Waals surface area (Å²) in [6.45, 7) is 6.02. The first kappa shape index (κ1) is 13.6. The van der Waals surface area contributed by atoms with E-state index < -0.39 is 4.92 Å². The molecule has 5 heteroatoms. The lowest BCUT2D eigenvalue weighted by atomic mass is 9.98. The van der Waals surface area contributed by atoms with Gasteiger partial charge in [-0.15, -0.1) is 0 Å². The van der Waals surface area contributed by atoms with Gasteiger partial charge < -0.3 is 5.32 Å². The van der Waals surface area contributed by atoms with E-state index in [0.29, 0.717) is 17.5 Å². The van der Waals surface area contributed by atoms with Crippen LogP contribution in [0.4, 0.5) is 5.69 Å². The van der Waals surface area contributed by atoms with Crippen molar-refractivity contribution in [3.05, 3.63) is 33.6 Å². The fourth-order valence-electron chi connectivity index (χ4n) is 1.81. The molecule has 17 heavy (non-hydrogen) atoms. The van der Waals surface area contributed by atoms with Gasteiger partial charge in [0.2, 0.25) is 0 Å². The summed E-state index contributed by atoms with van der Waals surface area (Å²) in [6.07, 6.45) is 2.13. The molecule has 0 aliphatic rings. The number of aryl methyl sites for hydroxylation is 1. The molecule has 1 rings (SSSR count). The van der Waals surface area contributed by atoms with Crippen molar-refractivity contribution in [3.63, 3.8) is 0 Å². The summed E-state index contributed by atoms with van der Waals surface area (Å²) < 4.78 is 0. The number of rotatable bonds is 5. The summed E-state index contributed by atoms with van der Waals surface area (Å²) in [5, 5.41) is 13.9. The summed E-state index contributed by atoms with van der Waals surface area (Å²) in [6, 6.07) is 2.13. The fourth-order valence-corrected chi connectivity index (χ4v) is 1.81. The molecule has 0 saturated heterocycles. The standard InChI is InChI=1S/C12H19N3O2/c1-8(2)11(13-4)6-10-5-9(3)12(7-14-10)15(16)17/h5,7-8,11,13H,6H2,1-4H3. The second-order valence-corrected chi connectivity index (χ2v) is 4.56. The van der Waals surface area contributed by atoms with E-state index >= 15 is 0 Å². The molecule has 1 N–H and O–H groups in total. The van der Waals surface area contributed by atoms with Gasteiger partial charge in [-0.05, 0) is 26.0 Å². The highest BCUT2D eigenvalue weighted by molar-refractivity contribution is 5.37. The summed E-state index contributed by atoms with van der Waals surface area (Å²) in [5.41, 5.74) is 1.64. The van der Waals surface area contributed by atoms with Crippen molar-refractivity contribution in [3.8, 4) is 0 Å². The highest BCUT2D eigenvalue weighted by Gasteiger charge is 2.15. The van der Waals surface area contributed by atoms with Crippen LogP contribution in [0.15, 0.2) is 12.3 Å². The molecule has 94 valence electrons. The normalized spacial score (nSPS) is 12.8. The minimum Gasteiger partial charge on any atom is -0.316 e.